The number of rotatable bonds is 4. The summed E-state index contributed by atoms with van der Waals surface area (Å²) in [5.41, 5.74) is 2.05. The third-order valence-electron chi connectivity index (χ3n) is 3.41. The van der Waals surface area contributed by atoms with Crippen LogP contribution >= 0.6 is 0 Å². The third kappa shape index (κ3) is 3.70. The third-order valence-corrected chi connectivity index (χ3v) is 5.18. The molecule has 2 heterocycles. The molecule has 1 aliphatic rings. The Morgan fingerprint density at radius 3 is 2.91 bits per heavy atom. The molecule has 1 fully saturated rings. The van der Waals surface area contributed by atoms with Crippen LogP contribution < -0.4 is 10.6 Å². The van der Waals surface area contributed by atoms with Gasteiger partial charge in [0.15, 0.2) is 15.7 Å². The van der Waals surface area contributed by atoms with E-state index in [1.165, 1.54) is 6.20 Å². The van der Waals surface area contributed by atoms with Gasteiger partial charge in [-0.2, -0.15) is 10.1 Å². The van der Waals surface area contributed by atoms with E-state index in [9.17, 15) is 8.42 Å². The van der Waals surface area contributed by atoms with E-state index < -0.39 is 9.84 Å². The highest BCUT2D eigenvalue weighted by molar-refractivity contribution is 7.91. The number of aromatic nitrogens is 3. The van der Waals surface area contributed by atoms with Crippen molar-refractivity contribution in [2.24, 2.45) is 0 Å². The highest BCUT2D eigenvalue weighted by Gasteiger charge is 2.28. The van der Waals surface area contributed by atoms with Gasteiger partial charge in [0.1, 0.15) is 0 Å². The molecule has 0 aliphatic carbocycles. The fraction of sp³-hybridized carbons (Fsp3) is 0.357. The summed E-state index contributed by atoms with van der Waals surface area (Å²) in [4.78, 5) is 4.32. The molecule has 1 aliphatic heterocycles. The van der Waals surface area contributed by atoms with Crippen molar-refractivity contribution in [3.8, 4) is 0 Å². The van der Waals surface area contributed by atoms with Crippen LogP contribution in [0.5, 0.6) is 0 Å². The molecule has 7 nitrogen and oxygen atoms in total. The summed E-state index contributed by atoms with van der Waals surface area (Å²) in [5.74, 6) is 1.22. The minimum Gasteiger partial charge on any atom is -0.349 e. The number of benzene rings is 1. The smallest absolute Gasteiger partial charge is 0.244 e. The molecule has 0 bridgehead atoms. The van der Waals surface area contributed by atoms with Crippen LogP contribution in [-0.4, -0.2) is 41.1 Å². The first-order valence-corrected chi connectivity index (χ1v) is 8.83. The largest absolute Gasteiger partial charge is 0.349 e. The topological polar surface area (TPSA) is 96.9 Å². The molecule has 0 saturated carbocycles. The molecule has 116 valence electrons. The molecule has 1 unspecified atom stereocenters. The minimum absolute atomic E-state index is 0.117. The zero-order chi connectivity index (χ0) is 15.6. The van der Waals surface area contributed by atoms with Crippen molar-refractivity contribution in [2.45, 2.75) is 19.4 Å². The van der Waals surface area contributed by atoms with Crippen molar-refractivity contribution in [1.29, 1.82) is 0 Å². The van der Waals surface area contributed by atoms with Crippen LogP contribution in [0, 0.1) is 6.92 Å². The second-order valence-corrected chi connectivity index (χ2v) is 7.63. The van der Waals surface area contributed by atoms with Gasteiger partial charge in [-0.3, -0.25) is 0 Å². The highest BCUT2D eigenvalue weighted by atomic mass is 32.2. The van der Waals surface area contributed by atoms with Gasteiger partial charge in [-0.1, -0.05) is 12.1 Å². The molecule has 1 atom stereocenters. The van der Waals surface area contributed by atoms with Crippen LogP contribution in [0.1, 0.15) is 12.0 Å². The van der Waals surface area contributed by atoms with Crippen molar-refractivity contribution in [1.82, 2.24) is 15.2 Å². The molecule has 22 heavy (non-hydrogen) atoms. The number of nitrogens with zero attached hydrogens (tertiary/aromatic N) is 3. The second kappa shape index (κ2) is 5.88. The van der Waals surface area contributed by atoms with Gasteiger partial charge >= 0.3 is 0 Å². The van der Waals surface area contributed by atoms with Crippen molar-refractivity contribution in [2.75, 3.05) is 22.1 Å². The van der Waals surface area contributed by atoms with E-state index in [0.29, 0.717) is 18.2 Å². The van der Waals surface area contributed by atoms with Gasteiger partial charge < -0.3 is 10.6 Å². The lowest BCUT2D eigenvalue weighted by atomic mass is 10.2. The number of hydrogen-bond donors (Lipinski definition) is 2. The Labute approximate surface area is 129 Å². The van der Waals surface area contributed by atoms with Gasteiger partial charge in [0.2, 0.25) is 5.95 Å². The summed E-state index contributed by atoms with van der Waals surface area (Å²) in [5, 5.41) is 14.0. The molecule has 0 spiro atoms. The summed E-state index contributed by atoms with van der Waals surface area (Å²) in [7, 11) is -2.93. The monoisotopic (exact) mass is 319 g/mol. The predicted octanol–water partition coefficient (Wildman–Crippen LogP) is 1.52. The average Bonchev–Trinajstić information content (AvgIpc) is 2.78. The van der Waals surface area contributed by atoms with Gasteiger partial charge in [0.05, 0.1) is 17.7 Å². The minimum atomic E-state index is -2.93. The fourth-order valence-electron chi connectivity index (χ4n) is 2.39. The summed E-state index contributed by atoms with van der Waals surface area (Å²) >= 11 is 0. The molecule has 1 aromatic heterocycles. The van der Waals surface area contributed by atoms with E-state index in [0.717, 1.165) is 11.3 Å². The van der Waals surface area contributed by atoms with Crippen LogP contribution in [0.25, 0.3) is 0 Å². The maximum absolute atomic E-state index is 11.5. The molecule has 3 rings (SSSR count). The molecule has 0 amide bonds. The maximum Gasteiger partial charge on any atom is 0.244 e. The standard InChI is InChI=1S/C14H17N5O2S/c1-10-3-2-4-11(7-10)16-13-8-15-19-14(18-13)17-12-5-6-22(20,21)9-12/h2-4,7-8,12H,5-6,9H2,1H3,(H2,16,17,18,19). The van der Waals surface area contributed by atoms with Crippen LogP contribution in [0.2, 0.25) is 0 Å². The van der Waals surface area contributed by atoms with E-state index >= 15 is 0 Å². The van der Waals surface area contributed by atoms with Gasteiger partial charge in [-0.05, 0) is 31.0 Å². The first-order chi connectivity index (χ1) is 10.5. The predicted molar refractivity (Wildman–Crippen MR) is 85.0 cm³/mol. The van der Waals surface area contributed by atoms with Gasteiger partial charge in [-0.15, -0.1) is 5.10 Å². The Balaban J connectivity index is 1.70. The van der Waals surface area contributed by atoms with Gasteiger partial charge in [0, 0.05) is 11.7 Å². The van der Waals surface area contributed by atoms with Crippen molar-refractivity contribution < 1.29 is 8.42 Å². The first kappa shape index (κ1) is 14.7. The van der Waals surface area contributed by atoms with Gasteiger partial charge in [0.25, 0.3) is 0 Å². The van der Waals surface area contributed by atoms with E-state index in [1.807, 2.05) is 31.2 Å². The van der Waals surface area contributed by atoms with Gasteiger partial charge in [-0.25, -0.2) is 8.42 Å². The number of anilines is 3. The van der Waals surface area contributed by atoms with E-state index in [-0.39, 0.29) is 17.5 Å². The number of sulfone groups is 1. The molecular formula is C14H17N5O2S. The lowest BCUT2D eigenvalue weighted by Crippen LogP contribution is -2.22. The summed E-state index contributed by atoms with van der Waals surface area (Å²) in [6, 6.07) is 7.75. The molecule has 1 aromatic carbocycles. The second-order valence-electron chi connectivity index (χ2n) is 5.40. The Kier molecular flexibility index (Phi) is 3.93. The van der Waals surface area contributed by atoms with Crippen molar-refractivity contribution in [3.63, 3.8) is 0 Å². The summed E-state index contributed by atoms with van der Waals surface area (Å²) in [6.45, 7) is 2.01. The summed E-state index contributed by atoms with van der Waals surface area (Å²) in [6.07, 6.45) is 2.10. The Bertz CT molecular complexity index is 778. The number of hydrogen-bond acceptors (Lipinski definition) is 7. The SMILES string of the molecule is Cc1cccc(Nc2cnnc(NC3CCS(=O)(=O)C3)n2)c1. The molecule has 2 N–H and O–H groups in total. The lowest BCUT2D eigenvalue weighted by Gasteiger charge is -2.11. The average molecular weight is 319 g/mol. The molecule has 0 radical (unpaired) electrons. The Hall–Kier alpha value is -2.22. The fourth-order valence-corrected chi connectivity index (χ4v) is 4.06. The van der Waals surface area contributed by atoms with E-state index in [2.05, 4.69) is 25.8 Å². The van der Waals surface area contributed by atoms with Crippen molar-refractivity contribution in [3.05, 3.63) is 36.0 Å². The normalized spacial score (nSPS) is 19.8. The lowest BCUT2D eigenvalue weighted by molar-refractivity contribution is 0.602. The maximum atomic E-state index is 11.5. The quantitative estimate of drug-likeness (QED) is 0.882. The summed E-state index contributed by atoms with van der Waals surface area (Å²) < 4.78 is 22.9. The van der Waals surface area contributed by atoms with Crippen LogP contribution in [-0.2, 0) is 9.84 Å². The number of aryl methyl sites for hydroxylation is 1. The van der Waals surface area contributed by atoms with E-state index in [4.69, 9.17) is 0 Å². The molecule has 2 aromatic rings. The molecule has 1 saturated heterocycles. The zero-order valence-corrected chi connectivity index (χ0v) is 13.0. The zero-order valence-electron chi connectivity index (χ0n) is 12.2. The Morgan fingerprint density at radius 1 is 1.32 bits per heavy atom. The molecular weight excluding hydrogens is 302 g/mol. The van der Waals surface area contributed by atoms with Crippen LogP contribution in [0.3, 0.4) is 0 Å². The van der Waals surface area contributed by atoms with Crippen molar-refractivity contribution >= 4 is 27.3 Å². The van der Waals surface area contributed by atoms with Crippen LogP contribution in [0.15, 0.2) is 30.5 Å². The number of nitrogens with one attached hydrogen (secondary N) is 2. The highest BCUT2D eigenvalue weighted by Crippen LogP contribution is 2.18. The van der Waals surface area contributed by atoms with Crippen LogP contribution in [0.4, 0.5) is 17.5 Å². The Morgan fingerprint density at radius 2 is 2.18 bits per heavy atom. The van der Waals surface area contributed by atoms with E-state index in [1.54, 1.807) is 0 Å². The first-order valence-electron chi connectivity index (χ1n) is 7.00. The molecule has 8 heteroatoms.